The molecular weight excluding hydrogens is 335 g/mol. The van der Waals surface area contributed by atoms with E-state index in [2.05, 4.69) is 0 Å². The zero-order valence-electron chi connectivity index (χ0n) is 13.0. The van der Waals surface area contributed by atoms with E-state index in [1.165, 1.54) is 28.6 Å². The molecule has 0 bridgehead atoms. The monoisotopic (exact) mass is 351 g/mol. The molecule has 2 nitrogen and oxygen atoms in total. The van der Waals surface area contributed by atoms with Crippen molar-refractivity contribution in [1.29, 1.82) is 0 Å². The molecule has 0 saturated carbocycles. The van der Waals surface area contributed by atoms with Crippen LogP contribution in [0.2, 0.25) is 0 Å². The summed E-state index contributed by atoms with van der Waals surface area (Å²) in [6.45, 7) is 2.65. The average Bonchev–Trinajstić information content (AvgIpc) is 3.02. The minimum atomic E-state index is -4.35. The number of benzene rings is 1. The highest BCUT2D eigenvalue weighted by atomic mass is 32.1. The molecule has 1 atom stereocenters. The quantitative estimate of drug-likeness (QED) is 0.703. The van der Waals surface area contributed by atoms with Crippen molar-refractivity contribution in [2.45, 2.75) is 25.6 Å². The number of hydrogen-bond donors (Lipinski definition) is 0. The van der Waals surface area contributed by atoms with E-state index < -0.39 is 11.7 Å². The third-order valence-corrected chi connectivity index (χ3v) is 5.21. The fourth-order valence-electron chi connectivity index (χ4n) is 2.86. The predicted octanol–water partition coefficient (Wildman–Crippen LogP) is 4.93. The SMILES string of the molecule is C[C@H]1c2ccsc2CCN1C(=O)/C=C/c1ccc(C(F)(F)F)cc1. The van der Waals surface area contributed by atoms with Gasteiger partial charge in [0.1, 0.15) is 0 Å². The smallest absolute Gasteiger partial charge is 0.332 e. The largest absolute Gasteiger partial charge is 0.416 e. The molecule has 0 fully saturated rings. The van der Waals surface area contributed by atoms with Crippen LogP contribution in [0.25, 0.3) is 6.08 Å². The topological polar surface area (TPSA) is 20.3 Å². The molecule has 126 valence electrons. The van der Waals surface area contributed by atoms with Gasteiger partial charge in [0.05, 0.1) is 11.6 Å². The molecule has 2 heterocycles. The molecule has 0 N–H and O–H groups in total. The standard InChI is InChI=1S/C18H16F3NOS/c1-12-15-9-11-24-16(15)8-10-22(12)17(23)7-4-13-2-5-14(6-3-13)18(19,20)21/h2-7,9,11-12H,8,10H2,1H3/b7-4+/t12-/m0/s1. The van der Waals surface area contributed by atoms with Crippen LogP contribution in [-0.4, -0.2) is 17.4 Å². The number of carbonyl (C=O) groups excluding carboxylic acids is 1. The lowest BCUT2D eigenvalue weighted by Gasteiger charge is -2.32. The van der Waals surface area contributed by atoms with Gasteiger partial charge in [-0.05, 0) is 54.1 Å². The number of alkyl halides is 3. The molecule has 0 unspecified atom stereocenters. The Morgan fingerprint density at radius 3 is 2.62 bits per heavy atom. The summed E-state index contributed by atoms with van der Waals surface area (Å²) in [6.07, 6.45) is -0.522. The lowest BCUT2D eigenvalue weighted by Crippen LogP contribution is -2.37. The zero-order chi connectivity index (χ0) is 17.3. The van der Waals surface area contributed by atoms with Crippen LogP contribution in [-0.2, 0) is 17.4 Å². The number of nitrogens with zero attached hydrogens (tertiary/aromatic N) is 1. The molecule has 1 aromatic heterocycles. The fourth-order valence-corrected chi connectivity index (χ4v) is 3.82. The first-order valence-corrected chi connectivity index (χ1v) is 8.46. The third-order valence-electron chi connectivity index (χ3n) is 4.22. The summed E-state index contributed by atoms with van der Waals surface area (Å²) in [5.41, 5.74) is 1.06. The highest BCUT2D eigenvalue weighted by Gasteiger charge is 2.30. The lowest BCUT2D eigenvalue weighted by molar-refractivity contribution is -0.137. The Morgan fingerprint density at radius 1 is 1.25 bits per heavy atom. The van der Waals surface area contributed by atoms with Gasteiger partial charge in [0.25, 0.3) is 0 Å². The molecule has 1 amide bonds. The Labute approximate surface area is 142 Å². The van der Waals surface area contributed by atoms with Crippen molar-refractivity contribution in [1.82, 2.24) is 4.90 Å². The maximum atomic E-state index is 12.5. The molecule has 0 radical (unpaired) electrons. The van der Waals surface area contributed by atoms with E-state index in [-0.39, 0.29) is 11.9 Å². The summed E-state index contributed by atoms with van der Waals surface area (Å²) >= 11 is 1.71. The summed E-state index contributed by atoms with van der Waals surface area (Å²) < 4.78 is 37.6. The highest BCUT2D eigenvalue weighted by molar-refractivity contribution is 7.10. The van der Waals surface area contributed by atoms with E-state index in [4.69, 9.17) is 0 Å². The normalized spacial score (nSPS) is 18.0. The number of fused-ring (bicyclic) bond motifs is 1. The molecular formula is C18H16F3NOS. The summed E-state index contributed by atoms with van der Waals surface area (Å²) in [7, 11) is 0. The summed E-state index contributed by atoms with van der Waals surface area (Å²) in [6, 6.07) is 6.83. The van der Waals surface area contributed by atoms with Crippen molar-refractivity contribution in [2.75, 3.05) is 6.54 Å². The van der Waals surface area contributed by atoms with E-state index in [0.29, 0.717) is 12.1 Å². The molecule has 3 rings (SSSR count). The molecule has 24 heavy (non-hydrogen) atoms. The number of amides is 1. The van der Waals surface area contributed by atoms with Crippen LogP contribution in [0.4, 0.5) is 13.2 Å². The van der Waals surface area contributed by atoms with Crippen molar-refractivity contribution >= 4 is 23.3 Å². The summed E-state index contributed by atoms with van der Waals surface area (Å²) in [4.78, 5) is 15.5. The van der Waals surface area contributed by atoms with Gasteiger partial charge in [-0.15, -0.1) is 11.3 Å². The van der Waals surface area contributed by atoms with Crippen LogP contribution in [0, 0.1) is 0 Å². The Kier molecular flexibility index (Phi) is 4.49. The maximum absolute atomic E-state index is 12.5. The second-order valence-electron chi connectivity index (χ2n) is 5.71. The number of carbonyl (C=O) groups is 1. The van der Waals surface area contributed by atoms with Crippen molar-refractivity contribution in [3.05, 3.63) is 63.4 Å². The fraction of sp³-hybridized carbons (Fsp3) is 0.278. The number of thiophene rings is 1. The van der Waals surface area contributed by atoms with Crippen LogP contribution in [0.5, 0.6) is 0 Å². The molecule has 0 saturated heterocycles. The van der Waals surface area contributed by atoms with E-state index in [0.717, 1.165) is 18.6 Å². The minimum Gasteiger partial charge on any atom is -0.332 e. The van der Waals surface area contributed by atoms with E-state index in [1.54, 1.807) is 22.3 Å². The van der Waals surface area contributed by atoms with Crippen molar-refractivity contribution in [3.63, 3.8) is 0 Å². The van der Waals surface area contributed by atoms with Crippen LogP contribution < -0.4 is 0 Å². The average molecular weight is 351 g/mol. The summed E-state index contributed by atoms with van der Waals surface area (Å²) in [5, 5.41) is 2.03. The number of halogens is 3. The van der Waals surface area contributed by atoms with Gasteiger partial charge in [-0.2, -0.15) is 13.2 Å². The maximum Gasteiger partial charge on any atom is 0.416 e. The van der Waals surface area contributed by atoms with Gasteiger partial charge in [-0.25, -0.2) is 0 Å². The second-order valence-corrected chi connectivity index (χ2v) is 6.71. The Morgan fingerprint density at radius 2 is 1.96 bits per heavy atom. The predicted molar refractivity (Wildman–Crippen MR) is 88.6 cm³/mol. The molecule has 2 aromatic rings. The van der Waals surface area contributed by atoms with Gasteiger partial charge in [-0.3, -0.25) is 4.79 Å². The minimum absolute atomic E-state index is 0.0183. The van der Waals surface area contributed by atoms with Gasteiger partial charge in [0, 0.05) is 17.5 Å². The van der Waals surface area contributed by atoms with Gasteiger partial charge in [-0.1, -0.05) is 12.1 Å². The Bertz CT molecular complexity index is 761. The molecule has 6 heteroatoms. The van der Waals surface area contributed by atoms with Gasteiger partial charge < -0.3 is 4.90 Å². The van der Waals surface area contributed by atoms with Crippen molar-refractivity contribution < 1.29 is 18.0 Å². The first-order valence-electron chi connectivity index (χ1n) is 7.58. The van der Waals surface area contributed by atoms with Gasteiger partial charge in [0.15, 0.2) is 0 Å². The Hall–Kier alpha value is -2.08. The zero-order valence-corrected chi connectivity index (χ0v) is 13.8. The molecule has 0 aliphatic carbocycles. The Balaban J connectivity index is 1.70. The van der Waals surface area contributed by atoms with Crippen LogP contribution in [0.3, 0.4) is 0 Å². The first kappa shape index (κ1) is 16.8. The van der Waals surface area contributed by atoms with E-state index in [1.807, 2.05) is 18.4 Å². The van der Waals surface area contributed by atoms with Crippen molar-refractivity contribution in [3.8, 4) is 0 Å². The van der Waals surface area contributed by atoms with Crippen molar-refractivity contribution in [2.24, 2.45) is 0 Å². The third kappa shape index (κ3) is 3.38. The van der Waals surface area contributed by atoms with E-state index >= 15 is 0 Å². The molecule has 1 aliphatic heterocycles. The van der Waals surface area contributed by atoms with Crippen LogP contribution >= 0.6 is 11.3 Å². The molecule has 1 aromatic carbocycles. The lowest BCUT2D eigenvalue weighted by atomic mass is 10.0. The van der Waals surface area contributed by atoms with Gasteiger partial charge in [0.2, 0.25) is 5.91 Å². The highest BCUT2D eigenvalue weighted by Crippen LogP contribution is 2.33. The summed E-state index contributed by atoms with van der Waals surface area (Å²) in [5.74, 6) is -0.126. The number of hydrogen-bond acceptors (Lipinski definition) is 2. The molecule has 1 aliphatic rings. The second kappa shape index (κ2) is 6.43. The molecule has 0 spiro atoms. The first-order chi connectivity index (χ1) is 11.4. The van der Waals surface area contributed by atoms with Gasteiger partial charge >= 0.3 is 6.18 Å². The van der Waals surface area contributed by atoms with Crippen LogP contribution in [0.15, 0.2) is 41.8 Å². The van der Waals surface area contributed by atoms with Crippen LogP contribution in [0.1, 0.15) is 34.5 Å². The van der Waals surface area contributed by atoms with E-state index in [9.17, 15) is 18.0 Å². The number of rotatable bonds is 2.